The third-order valence-electron chi connectivity index (χ3n) is 3.89. The normalized spacial score (nSPS) is 10.7. The molecule has 9 heteroatoms. The van der Waals surface area contributed by atoms with E-state index in [2.05, 4.69) is 20.5 Å². The van der Waals surface area contributed by atoms with E-state index >= 15 is 0 Å². The fourth-order valence-corrected chi connectivity index (χ4v) is 3.23. The zero-order valence-electron chi connectivity index (χ0n) is 15.3. The molecule has 2 N–H and O–H groups in total. The van der Waals surface area contributed by atoms with E-state index in [9.17, 15) is 4.79 Å². The standard InChI is InChI=1S/C19H18Cl2N4O2S/c1-11-8-13(6-7-14(11)20)27-9-17-23-19(25-24-17)28-10-18(26)22-16-5-3-4-15(21)12(16)2/h3-8H,9-10H2,1-2H3,(H,22,26)(H,23,24,25). The summed E-state index contributed by atoms with van der Waals surface area (Å²) in [5.41, 5.74) is 2.46. The number of ether oxygens (including phenoxy) is 1. The molecule has 0 bridgehead atoms. The number of nitrogens with zero attached hydrogens (tertiary/aromatic N) is 2. The summed E-state index contributed by atoms with van der Waals surface area (Å²) in [5.74, 6) is 1.29. The van der Waals surface area contributed by atoms with Crippen molar-refractivity contribution in [2.24, 2.45) is 0 Å². The van der Waals surface area contributed by atoms with Crippen molar-refractivity contribution in [1.82, 2.24) is 15.2 Å². The average Bonchev–Trinajstić information content (AvgIpc) is 3.13. The molecule has 0 saturated heterocycles. The second-order valence-corrected chi connectivity index (χ2v) is 7.77. The fourth-order valence-electron chi connectivity index (χ4n) is 2.32. The lowest BCUT2D eigenvalue weighted by atomic mass is 10.2. The van der Waals surface area contributed by atoms with Crippen LogP contribution in [0.2, 0.25) is 10.0 Å². The predicted molar refractivity (Wildman–Crippen MR) is 112 cm³/mol. The Balaban J connectivity index is 1.49. The van der Waals surface area contributed by atoms with Crippen LogP contribution in [-0.4, -0.2) is 26.8 Å². The van der Waals surface area contributed by atoms with Crippen LogP contribution in [0.5, 0.6) is 5.75 Å². The SMILES string of the molecule is Cc1cc(OCc2nc(SCC(=O)Nc3cccc(Cl)c3C)n[nH]2)ccc1Cl. The molecule has 3 aromatic rings. The van der Waals surface area contributed by atoms with Gasteiger partial charge in [0.15, 0.2) is 5.82 Å². The number of nitrogens with one attached hydrogen (secondary N) is 2. The molecule has 0 radical (unpaired) electrons. The average molecular weight is 437 g/mol. The van der Waals surface area contributed by atoms with Gasteiger partial charge in [0.2, 0.25) is 11.1 Å². The van der Waals surface area contributed by atoms with E-state index in [1.165, 1.54) is 11.8 Å². The van der Waals surface area contributed by atoms with Crippen LogP contribution in [-0.2, 0) is 11.4 Å². The highest BCUT2D eigenvalue weighted by molar-refractivity contribution is 7.99. The van der Waals surface area contributed by atoms with Crippen molar-refractivity contribution in [2.75, 3.05) is 11.1 Å². The summed E-state index contributed by atoms with van der Waals surface area (Å²) in [6.45, 7) is 4.01. The Labute approximate surface area is 177 Å². The van der Waals surface area contributed by atoms with Crippen molar-refractivity contribution < 1.29 is 9.53 Å². The second kappa shape index (κ2) is 9.32. The number of amides is 1. The van der Waals surface area contributed by atoms with Gasteiger partial charge in [0.25, 0.3) is 0 Å². The van der Waals surface area contributed by atoms with Gasteiger partial charge in [0.05, 0.1) is 5.75 Å². The van der Waals surface area contributed by atoms with Gasteiger partial charge in [0.1, 0.15) is 12.4 Å². The number of aryl methyl sites for hydroxylation is 1. The highest BCUT2D eigenvalue weighted by atomic mass is 35.5. The van der Waals surface area contributed by atoms with Gasteiger partial charge in [-0.15, -0.1) is 5.10 Å². The molecule has 1 aromatic heterocycles. The van der Waals surface area contributed by atoms with Gasteiger partial charge in [-0.3, -0.25) is 9.89 Å². The van der Waals surface area contributed by atoms with Gasteiger partial charge in [0, 0.05) is 15.7 Å². The number of aromatic nitrogens is 3. The molecule has 0 saturated carbocycles. The molecule has 6 nitrogen and oxygen atoms in total. The van der Waals surface area contributed by atoms with Crippen LogP contribution >= 0.6 is 35.0 Å². The Morgan fingerprint density at radius 3 is 2.82 bits per heavy atom. The second-order valence-electron chi connectivity index (χ2n) is 6.01. The first kappa shape index (κ1) is 20.5. The predicted octanol–water partition coefficient (Wildman–Crippen LogP) is 5.04. The van der Waals surface area contributed by atoms with Crippen molar-refractivity contribution in [2.45, 2.75) is 25.6 Å². The van der Waals surface area contributed by atoms with Crippen LogP contribution in [0.25, 0.3) is 0 Å². The smallest absolute Gasteiger partial charge is 0.234 e. The monoisotopic (exact) mass is 436 g/mol. The van der Waals surface area contributed by atoms with Crippen LogP contribution < -0.4 is 10.1 Å². The first-order valence-electron chi connectivity index (χ1n) is 8.40. The van der Waals surface area contributed by atoms with Crippen molar-refractivity contribution in [1.29, 1.82) is 0 Å². The largest absolute Gasteiger partial charge is 0.486 e. The molecule has 0 aliphatic heterocycles. The number of carbonyl (C=O) groups excluding carboxylic acids is 1. The zero-order valence-corrected chi connectivity index (χ0v) is 17.6. The van der Waals surface area contributed by atoms with Crippen molar-refractivity contribution in [3.05, 3.63) is 63.4 Å². The topological polar surface area (TPSA) is 79.9 Å². The quantitative estimate of drug-likeness (QED) is 0.507. The van der Waals surface area contributed by atoms with Crippen LogP contribution in [0.4, 0.5) is 5.69 Å². The van der Waals surface area contributed by atoms with E-state index in [1.54, 1.807) is 24.3 Å². The summed E-state index contributed by atoms with van der Waals surface area (Å²) in [4.78, 5) is 16.5. The van der Waals surface area contributed by atoms with Gasteiger partial charge in [-0.2, -0.15) is 0 Å². The van der Waals surface area contributed by atoms with Gasteiger partial charge in [-0.05, 0) is 55.3 Å². The Hall–Kier alpha value is -2.22. The summed E-state index contributed by atoms with van der Waals surface area (Å²) >= 11 is 13.3. The highest BCUT2D eigenvalue weighted by Gasteiger charge is 2.10. The lowest BCUT2D eigenvalue weighted by Gasteiger charge is -2.08. The number of anilines is 1. The summed E-state index contributed by atoms with van der Waals surface area (Å²) in [6.07, 6.45) is 0. The van der Waals surface area contributed by atoms with E-state index < -0.39 is 0 Å². The third-order valence-corrected chi connectivity index (χ3v) is 5.57. The summed E-state index contributed by atoms with van der Waals surface area (Å²) in [5, 5.41) is 11.5. The number of carbonyl (C=O) groups is 1. The molecule has 28 heavy (non-hydrogen) atoms. The van der Waals surface area contributed by atoms with Crippen molar-refractivity contribution in [3.8, 4) is 5.75 Å². The van der Waals surface area contributed by atoms with Crippen molar-refractivity contribution >= 4 is 46.6 Å². The number of rotatable bonds is 7. The van der Waals surface area contributed by atoms with Gasteiger partial charge in [-0.1, -0.05) is 41.0 Å². The maximum atomic E-state index is 12.1. The molecule has 0 spiro atoms. The molecule has 0 aliphatic carbocycles. The highest BCUT2D eigenvalue weighted by Crippen LogP contribution is 2.24. The van der Waals surface area contributed by atoms with Gasteiger partial charge in [-0.25, -0.2) is 4.98 Å². The first-order chi connectivity index (χ1) is 13.4. The lowest BCUT2D eigenvalue weighted by Crippen LogP contribution is -2.15. The molecule has 1 amide bonds. The molecule has 0 fully saturated rings. The number of aromatic amines is 1. The molecule has 1 heterocycles. The molecule has 3 rings (SSSR count). The van der Waals surface area contributed by atoms with E-state index in [-0.39, 0.29) is 18.3 Å². The third kappa shape index (κ3) is 5.41. The van der Waals surface area contributed by atoms with Crippen LogP contribution in [0.1, 0.15) is 17.0 Å². The van der Waals surface area contributed by atoms with Gasteiger partial charge >= 0.3 is 0 Å². The first-order valence-corrected chi connectivity index (χ1v) is 10.1. The number of thioether (sulfide) groups is 1. The van der Waals surface area contributed by atoms with E-state index in [0.717, 1.165) is 11.1 Å². The molecule has 146 valence electrons. The maximum Gasteiger partial charge on any atom is 0.234 e. The minimum Gasteiger partial charge on any atom is -0.486 e. The minimum absolute atomic E-state index is 0.158. The number of H-pyrrole nitrogens is 1. The Bertz CT molecular complexity index is 994. The minimum atomic E-state index is -0.158. The summed E-state index contributed by atoms with van der Waals surface area (Å²) in [7, 11) is 0. The molecular formula is C19H18Cl2N4O2S. The zero-order chi connectivity index (χ0) is 20.1. The van der Waals surface area contributed by atoms with Gasteiger partial charge < -0.3 is 10.1 Å². The molecule has 2 aromatic carbocycles. The Kier molecular flexibility index (Phi) is 6.83. The maximum absolute atomic E-state index is 12.1. The van der Waals surface area contributed by atoms with Crippen LogP contribution in [0.3, 0.4) is 0 Å². The number of hydrogen-bond donors (Lipinski definition) is 2. The van der Waals surface area contributed by atoms with Crippen molar-refractivity contribution in [3.63, 3.8) is 0 Å². The van der Waals surface area contributed by atoms with Crippen LogP contribution in [0.15, 0.2) is 41.6 Å². The molecular weight excluding hydrogens is 419 g/mol. The molecule has 0 aliphatic rings. The number of benzene rings is 2. The Morgan fingerprint density at radius 1 is 1.21 bits per heavy atom. The summed E-state index contributed by atoms with van der Waals surface area (Å²) in [6, 6.07) is 10.8. The lowest BCUT2D eigenvalue weighted by molar-refractivity contribution is -0.113. The number of halogens is 2. The number of hydrogen-bond acceptors (Lipinski definition) is 5. The fraction of sp³-hybridized carbons (Fsp3) is 0.211. The van der Waals surface area contributed by atoms with E-state index in [1.807, 2.05) is 26.0 Å². The summed E-state index contributed by atoms with van der Waals surface area (Å²) < 4.78 is 5.68. The molecule has 0 unspecified atom stereocenters. The Morgan fingerprint density at radius 2 is 2.04 bits per heavy atom. The molecule has 0 atom stereocenters. The van der Waals surface area contributed by atoms with E-state index in [4.69, 9.17) is 27.9 Å². The van der Waals surface area contributed by atoms with E-state index in [0.29, 0.717) is 32.5 Å². The van der Waals surface area contributed by atoms with Crippen LogP contribution in [0, 0.1) is 13.8 Å².